The number of carbonyl (C=O) groups is 2. The number of aromatic carboxylic acids is 1. The van der Waals surface area contributed by atoms with E-state index in [2.05, 4.69) is 10.6 Å². The van der Waals surface area contributed by atoms with E-state index in [1.807, 2.05) is 27.7 Å². The summed E-state index contributed by atoms with van der Waals surface area (Å²) >= 11 is 0. The van der Waals surface area contributed by atoms with Crippen molar-refractivity contribution in [2.24, 2.45) is 5.41 Å². The summed E-state index contributed by atoms with van der Waals surface area (Å²) in [5.41, 5.74) is -0.0381. The number of carboxylic acid groups (broad SMARTS) is 1. The zero-order valence-electron chi connectivity index (χ0n) is 12.0. The Kier molecular flexibility index (Phi) is 4.60. The van der Waals surface area contributed by atoms with Crippen LogP contribution in [0.3, 0.4) is 0 Å². The Labute approximate surface area is 117 Å². The molecule has 0 spiro atoms. The van der Waals surface area contributed by atoms with E-state index in [0.717, 1.165) is 0 Å². The molecule has 0 aliphatic carbocycles. The maximum Gasteiger partial charge on any atom is 0.339 e. The van der Waals surface area contributed by atoms with Crippen LogP contribution in [0.2, 0.25) is 0 Å². The lowest BCUT2D eigenvalue weighted by atomic mass is 9.88. The summed E-state index contributed by atoms with van der Waals surface area (Å²) < 4.78 is 0. The van der Waals surface area contributed by atoms with E-state index in [-0.39, 0.29) is 22.8 Å². The SMILES string of the molecule is CC(NC(=O)Nc1ccc(O)c(C(=O)O)c1)C(C)(C)C. The normalized spacial score (nSPS) is 12.6. The molecule has 1 atom stereocenters. The number of phenols is 1. The second-order valence-electron chi connectivity index (χ2n) is 5.72. The zero-order chi connectivity index (χ0) is 15.5. The lowest BCUT2D eigenvalue weighted by Crippen LogP contribution is -2.43. The van der Waals surface area contributed by atoms with Crippen molar-refractivity contribution in [1.82, 2.24) is 5.32 Å². The first kappa shape index (κ1) is 15.8. The Morgan fingerprint density at radius 2 is 1.85 bits per heavy atom. The lowest BCUT2D eigenvalue weighted by Gasteiger charge is -2.28. The fraction of sp³-hybridized carbons (Fsp3) is 0.429. The number of rotatable bonds is 3. The van der Waals surface area contributed by atoms with Crippen molar-refractivity contribution in [2.75, 3.05) is 5.32 Å². The van der Waals surface area contributed by atoms with Gasteiger partial charge in [0.05, 0.1) is 0 Å². The molecule has 4 N–H and O–H groups in total. The second-order valence-corrected chi connectivity index (χ2v) is 5.72. The maximum atomic E-state index is 11.8. The van der Waals surface area contributed by atoms with Gasteiger partial charge in [-0.1, -0.05) is 20.8 Å². The van der Waals surface area contributed by atoms with Gasteiger partial charge >= 0.3 is 12.0 Å². The number of hydrogen-bond donors (Lipinski definition) is 4. The molecule has 0 aliphatic heterocycles. The van der Waals surface area contributed by atoms with Crippen LogP contribution in [0.5, 0.6) is 5.75 Å². The third-order valence-electron chi connectivity index (χ3n) is 3.13. The predicted octanol–water partition coefficient (Wildman–Crippen LogP) is 2.65. The average Bonchev–Trinajstić information content (AvgIpc) is 2.29. The summed E-state index contributed by atoms with van der Waals surface area (Å²) in [6, 6.07) is 3.39. The van der Waals surface area contributed by atoms with Crippen LogP contribution < -0.4 is 10.6 Å². The molecule has 0 radical (unpaired) electrons. The first-order valence-electron chi connectivity index (χ1n) is 6.25. The van der Waals surface area contributed by atoms with Gasteiger partial charge in [0, 0.05) is 11.7 Å². The van der Waals surface area contributed by atoms with Crippen molar-refractivity contribution in [1.29, 1.82) is 0 Å². The smallest absolute Gasteiger partial charge is 0.339 e. The van der Waals surface area contributed by atoms with Gasteiger partial charge in [0.2, 0.25) is 0 Å². The molecule has 20 heavy (non-hydrogen) atoms. The van der Waals surface area contributed by atoms with Gasteiger partial charge in [-0.25, -0.2) is 9.59 Å². The summed E-state index contributed by atoms with van der Waals surface area (Å²) in [5.74, 6) is -1.60. The Morgan fingerprint density at radius 1 is 1.25 bits per heavy atom. The standard InChI is InChI=1S/C14H20N2O4/c1-8(14(2,3)4)15-13(20)16-9-5-6-11(17)10(7-9)12(18)19/h5-8,17H,1-4H3,(H,18,19)(H2,15,16,20). The van der Waals surface area contributed by atoms with Gasteiger partial charge in [0.25, 0.3) is 0 Å². The summed E-state index contributed by atoms with van der Waals surface area (Å²) in [5, 5.41) is 23.6. The summed E-state index contributed by atoms with van der Waals surface area (Å²) in [6.07, 6.45) is 0. The number of urea groups is 1. The predicted molar refractivity (Wildman–Crippen MR) is 76.1 cm³/mol. The molecule has 1 rings (SSSR count). The molecule has 0 aromatic heterocycles. The van der Waals surface area contributed by atoms with Gasteiger partial charge in [0.1, 0.15) is 11.3 Å². The van der Waals surface area contributed by atoms with Gasteiger partial charge in [-0.05, 0) is 30.5 Å². The number of carboxylic acids is 1. The summed E-state index contributed by atoms with van der Waals surface area (Å²) in [7, 11) is 0. The Balaban J connectivity index is 2.77. The molecule has 0 heterocycles. The monoisotopic (exact) mass is 280 g/mol. The van der Waals surface area contributed by atoms with Gasteiger partial charge in [-0.3, -0.25) is 0 Å². The van der Waals surface area contributed by atoms with Crippen LogP contribution in [0.1, 0.15) is 38.1 Å². The van der Waals surface area contributed by atoms with Gasteiger partial charge in [-0.2, -0.15) is 0 Å². The van der Waals surface area contributed by atoms with Crippen molar-refractivity contribution < 1.29 is 19.8 Å². The molecule has 6 nitrogen and oxygen atoms in total. The summed E-state index contributed by atoms with van der Waals surface area (Å²) in [6.45, 7) is 7.89. The van der Waals surface area contributed by atoms with Crippen LogP contribution in [-0.4, -0.2) is 28.3 Å². The van der Waals surface area contributed by atoms with E-state index in [4.69, 9.17) is 5.11 Å². The minimum atomic E-state index is -1.25. The van der Waals surface area contributed by atoms with Crippen molar-refractivity contribution in [2.45, 2.75) is 33.7 Å². The number of nitrogens with one attached hydrogen (secondary N) is 2. The topological polar surface area (TPSA) is 98.7 Å². The fourth-order valence-corrected chi connectivity index (χ4v) is 1.37. The van der Waals surface area contributed by atoms with E-state index in [1.165, 1.54) is 18.2 Å². The number of amides is 2. The molecular formula is C14H20N2O4. The molecule has 0 fully saturated rings. The quantitative estimate of drug-likeness (QED) is 0.640. The van der Waals surface area contributed by atoms with E-state index in [9.17, 15) is 14.7 Å². The Hall–Kier alpha value is -2.24. The molecule has 1 aromatic rings. The van der Waals surface area contributed by atoms with Gasteiger partial charge in [-0.15, -0.1) is 0 Å². The van der Waals surface area contributed by atoms with E-state index in [1.54, 1.807) is 0 Å². The Morgan fingerprint density at radius 3 is 2.35 bits per heavy atom. The molecule has 2 amide bonds. The van der Waals surface area contributed by atoms with Gasteiger partial charge in [0.15, 0.2) is 0 Å². The number of carbonyl (C=O) groups excluding carboxylic acids is 1. The number of benzene rings is 1. The molecule has 0 saturated carbocycles. The van der Waals surface area contributed by atoms with E-state index in [0.29, 0.717) is 5.69 Å². The largest absolute Gasteiger partial charge is 0.507 e. The summed E-state index contributed by atoms with van der Waals surface area (Å²) in [4.78, 5) is 22.7. The second kappa shape index (κ2) is 5.81. The van der Waals surface area contributed by atoms with E-state index >= 15 is 0 Å². The third kappa shape index (κ3) is 4.15. The molecule has 6 heteroatoms. The highest BCUT2D eigenvalue weighted by atomic mass is 16.4. The molecule has 1 aromatic carbocycles. The van der Waals surface area contributed by atoms with Crippen molar-refractivity contribution >= 4 is 17.7 Å². The average molecular weight is 280 g/mol. The highest BCUT2D eigenvalue weighted by molar-refractivity contribution is 5.95. The first-order valence-corrected chi connectivity index (χ1v) is 6.25. The lowest BCUT2D eigenvalue weighted by molar-refractivity contribution is 0.0693. The molecule has 1 unspecified atom stereocenters. The minimum Gasteiger partial charge on any atom is -0.507 e. The van der Waals surface area contributed by atoms with Crippen LogP contribution in [0.25, 0.3) is 0 Å². The zero-order valence-corrected chi connectivity index (χ0v) is 12.0. The van der Waals surface area contributed by atoms with Gasteiger partial charge < -0.3 is 20.8 Å². The first-order chi connectivity index (χ1) is 9.11. The van der Waals surface area contributed by atoms with Crippen molar-refractivity contribution in [3.8, 4) is 5.75 Å². The van der Waals surface area contributed by atoms with Crippen LogP contribution in [0, 0.1) is 5.41 Å². The third-order valence-corrected chi connectivity index (χ3v) is 3.13. The molecule has 0 aliphatic rings. The number of aromatic hydroxyl groups is 1. The van der Waals surface area contributed by atoms with Crippen LogP contribution in [0.4, 0.5) is 10.5 Å². The fourth-order valence-electron chi connectivity index (χ4n) is 1.37. The van der Waals surface area contributed by atoms with Crippen LogP contribution in [-0.2, 0) is 0 Å². The van der Waals surface area contributed by atoms with Crippen molar-refractivity contribution in [3.05, 3.63) is 23.8 Å². The number of anilines is 1. The minimum absolute atomic E-state index is 0.0569. The van der Waals surface area contributed by atoms with Crippen LogP contribution in [0.15, 0.2) is 18.2 Å². The van der Waals surface area contributed by atoms with E-state index < -0.39 is 12.0 Å². The Bertz CT molecular complexity index is 520. The molecule has 110 valence electrons. The molecular weight excluding hydrogens is 260 g/mol. The molecule has 0 bridgehead atoms. The van der Waals surface area contributed by atoms with Crippen LogP contribution >= 0.6 is 0 Å². The highest BCUT2D eigenvalue weighted by Gasteiger charge is 2.21. The molecule has 0 saturated heterocycles. The van der Waals surface area contributed by atoms with Crippen molar-refractivity contribution in [3.63, 3.8) is 0 Å². The number of hydrogen-bond acceptors (Lipinski definition) is 3. The maximum absolute atomic E-state index is 11.8. The highest BCUT2D eigenvalue weighted by Crippen LogP contribution is 2.22.